The Morgan fingerprint density at radius 3 is 2.36 bits per heavy atom. The van der Waals surface area contributed by atoms with Crippen molar-refractivity contribution in [2.45, 2.75) is 37.7 Å². The van der Waals surface area contributed by atoms with Crippen LogP contribution in [0, 0.1) is 0 Å². The molecule has 128 valence electrons. The minimum Gasteiger partial charge on any atom is -0.442 e. The lowest BCUT2D eigenvalue weighted by Crippen LogP contribution is -2.44. The molecule has 10 heteroatoms. The van der Waals surface area contributed by atoms with Crippen LogP contribution >= 0.6 is 11.8 Å². The van der Waals surface area contributed by atoms with Crippen LogP contribution < -0.4 is 16.9 Å². The lowest BCUT2D eigenvalue weighted by Gasteiger charge is -2.20. The van der Waals surface area contributed by atoms with Crippen LogP contribution in [0.2, 0.25) is 0 Å². The summed E-state index contributed by atoms with van der Waals surface area (Å²) in [5.41, 5.74) is 11.5. The summed E-state index contributed by atoms with van der Waals surface area (Å²) in [7, 11) is 0. The zero-order chi connectivity index (χ0) is 17.3. The summed E-state index contributed by atoms with van der Waals surface area (Å²) in [6.07, 6.45) is -2.52. The molecule has 0 aliphatic carbocycles. The summed E-state index contributed by atoms with van der Waals surface area (Å²) in [6, 6.07) is 0. The Morgan fingerprint density at radius 1 is 1.32 bits per heavy atom. The van der Waals surface area contributed by atoms with Gasteiger partial charge in [-0.25, -0.2) is 4.79 Å². The second-order valence-electron chi connectivity index (χ2n) is 5.29. The second-order valence-corrected chi connectivity index (χ2v) is 6.54. The third-order valence-corrected chi connectivity index (χ3v) is 3.43. The molecule has 0 aliphatic rings. The lowest BCUT2D eigenvalue weighted by atomic mass is 10.1. The van der Waals surface area contributed by atoms with Crippen molar-refractivity contribution in [3.05, 3.63) is 0 Å². The predicted molar refractivity (Wildman–Crippen MR) is 80.8 cm³/mol. The van der Waals surface area contributed by atoms with E-state index < -0.39 is 41.3 Å². The van der Waals surface area contributed by atoms with E-state index in [1.165, 1.54) is 0 Å². The minimum atomic E-state index is -1.66. The summed E-state index contributed by atoms with van der Waals surface area (Å²) in [6.45, 7) is 4.71. The molecule has 6 N–H and O–H groups in total. The first kappa shape index (κ1) is 20.6. The van der Waals surface area contributed by atoms with Crippen LogP contribution in [0.4, 0.5) is 4.79 Å². The lowest BCUT2D eigenvalue weighted by molar-refractivity contribution is -0.133. The van der Waals surface area contributed by atoms with E-state index in [0.29, 0.717) is 5.75 Å². The number of thioether (sulfide) groups is 1. The Kier molecular flexibility index (Phi) is 9.02. The van der Waals surface area contributed by atoms with E-state index in [4.69, 9.17) is 21.0 Å². The first-order chi connectivity index (χ1) is 10.1. The van der Waals surface area contributed by atoms with Crippen LogP contribution in [0.15, 0.2) is 0 Å². The molecule has 0 aromatic heterocycles. The highest BCUT2D eigenvalue weighted by atomic mass is 32.2. The fourth-order valence-electron chi connectivity index (χ4n) is 1.25. The Balaban J connectivity index is 4.39. The average Bonchev–Trinajstić information content (AvgIpc) is 2.36. The normalized spacial score (nSPS) is 14.0. The Labute approximate surface area is 133 Å². The van der Waals surface area contributed by atoms with Crippen molar-refractivity contribution in [2.24, 2.45) is 11.5 Å². The zero-order valence-electron chi connectivity index (χ0n) is 12.8. The number of ketones is 1. The number of carbonyl (C=O) groups is 3. The van der Waals surface area contributed by atoms with Gasteiger partial charge in [0.1, 0.15) is 17.5 Å². The van der Waals surface area contributed by atoms with Crippen molar-refractivity contribution in [1.29, 1.82) is 0 Å². The van der Waals surface area contributed by atoms with Gasteiger partial charge in [-0.2, -0.15) is 5.48 Å². The van der Waals surface area contributed by atoms with Crippen LogP contribution in [0.25, 0.3) is 0 Å². The molecule has 0 radical (unpaired) electrons. The summed E-state index contributed by atoms with van der Waals surface area (Å²) >= 11 is 0.986. The maximum Gasteiger partial charge on any atom is 0.431 e. The number of nitrogens with two attached hydrogens (primary N) is 2. The molecule has 0 heterocycles. The first-order valence-corrected chi connectivity index (χ1v) is 7.56. The van der Waals surface area contributed by atoms with Gasteiger partial charge in [-0.1, -0.05) is 0 Å². The van der Waals surface area contributed by atoms with Crippen molar-refractivity contribution >= 4 is 29.5 Å². The van der Waals surface area contributed by atoms with Gasteiger partial charge in [-0.15, -0.1) is 11.8 Å². The van der Waals surface area contributed by atoms with Crippen LogP contribution in [0.1, 0.15) is 20.8 Å². The highest BCUT2D eigenvalue weighted by Gasteiger charge is 2.31. The number of aliphatic hydroxyl groups is 1. The molecular weight excluding hydrogens is 314 g/mol. The topological polar surface area (TPSA) is 154 Å². The van der Waals surface area contributed by atoms with Gasteiger partial charge in [0.15, 0.2) is 11.9 Å². The molecule has 2 unspecified atom stereocenters. The fraction of sp³-hybridized carbons (Fsp3) is 0.750. The van der Waals surface area contributed by atoms with Crippen molar-refractivity contribution in [3.8, 4) is 0 Å². The highest BCUT2D eigenvalue weighted by molar-refractivity contribution is 8.00. The molecule has 0 fully saturated rings. The number of hydrogen-bond donors (Lipinski definition) is 4. The van der Waals surface area contributed by atoms with Crippen molar-refractivity contribution in [3.63, 3.8) is 0 Å². The number of rotatable bonds is 9. The molecule has 0 bridgehead atoms. The van der Waals surface area contributed by atoms with Crippen LogP contribution in [0.3, 0.4) is 0 Å². The molecular formula is C12H23N3O6S. The van der Waals surface area contributed by atoms with Gasteiger partial charge in [0.2, 0.25) is 5.91 Å². The number of Topliss-reactive ketones (excluding diaryl/α,β-unsaturated/α-hetero) is 1. The highest BCUT2D eigenvalue weighted by Crippen LogP contribution is 2.16. The number of hydroxylamine groups is 1. The predicted octanol–water partition coefficient (Wildman–Crippen LogP) is -1.08. The van der Waals surface area contributed by atoms with E-state index in [9.17, 15) is 19.5 Å². The Bertz CT molecular complexity index is 399. The van der Waals surface area contributed by atoms with Gasteiger partial charge in [0, 0.05) is 12.3 Å². The first-order valence-electron chi connectivity index (χ1n) is 6.51. The Hall–Kier alpha value is -1.36. The van der Waals surface area contributed by atoms with E-state index in [1.807, 2.05) is 5.48 Å². The molecule has 0 spiro atoms. The largest absolute Gasteiger partial charge is 0.442 e. The number of nitrogens with one attached hydrogen (secondary N) is 1. The average molecular weight is 337 g/mol. The monoisotopic (exact) mass is 337 g/mol. The van der Waals surface area contributed by atoms with E-state index in [2.05, 4.69) is 0 Å². The quantitative estimate of drug-likeness (QED) is 0.387. The number of hydrogen-bond acceptors (Lipinski definition) is 8. The zero-order valence-corrected chi connectivity index (χ0v) is 13.6. The summed E-state index contributed by atoms with van der Waals surface area (Å²) in [4.78, 5) is 38.9. The van der Waals surface area contributed by atoms with E-state index in [-0.39, 0.29) is 6.54 Å². The molecule has 0 rings (SSSR count). The maximum atomic E-state index is 11.9. The number of primary amides is 1. The molecule has 2 amide bonds. The fourth-order valence-corrected chi connectivity index (χ4v) is 2.21. The summed E-state index contributed by atoms with van der Waals surface area (Å²) in [5.74, 6) is -1.29. The number of ether oxygens (including phenoxy) is 1. The van der Waals surface area contributed by atoms with Gasteiger partial charge in [0.25, 0.3) is 0 Å². The van der Waals surface area contributed by atoms with Gasteiger partial charge in [-0.3, -0.25) is 14.4 Å². The minimum absolute atomic E-state index is 0.261. The molecule has 0 aromatic rings. The van der Waals surface area contributed by atoms with Crippen LogP contribution in [-0.2, 0) is 19.2 Å². The maximum absolute atomic E-state index is 11.9. The van der Waals surface area contributed by atoms with E-state index in [0.717, 1.165) is 11.8 Å². The van der Waals surface area contributed by atoms with Crippen molar-refractivity contribution < 1.29 is 29.1 Å². The molecule has 2 atom stereocenters. The molecule has 22 heavy (non-hydrogen) atoms. The summed E-state index contributed by atoms with van der Waals surface area (Å²) < 4.78 is 4.90. The molecule has 9 nitrogen and oxygen atoms in total. The standard InChI is InChI=1S/C12H23N3O6S/c1-12(2,3)21-11(19)15-20-6-7(16)9(22-5-4-13)8(17)10(14)18/h8-9,17H,4-6,13H2,1-3H3,(H2,14,18)(H,15,19). The second kappa shape index (κ2) is 9.62. The summed E-state index contributed by atoms with van der Waals surface area (Å²) in [5, 5.41) is 8.51. The van der Waals surface area contributed by atoms with Crippen LogP contribution in [0.5, 0.6) is 0 Å². The molecule has 0 saturated heterocycles. The molecule has 0 aliphatic heterocycles. The van der Waals surface area contributed by atoms with Crippen LogP contribution in [-0.4, -0.2) is 58.7 Å². The Morgan fingerprint density at radius 2 is 1.91 bits per heavy atom. The smallest absolute Gasteiger partial charge is 0.431 e. The van der Waals surface area contributed by atoms with E-state index in [1.54, 1.807) is 20.8 Å². The van der Waals surface area contributed by atoms with Crippen molar-refractivity contribution in [1.82, 2.24) is 5.48 Å². The van der Waals surface area contributed by atoms with E-state index >= 15 is 0 Å². The van der Waals surface area contributed by atoms with Gasteiger partial charge in [0.05, 0.1) is 0 Å². The van der Waals surface area contributed by atoms with Gasteiger partial charge < -0.3 is 21.3 Å². The number of amides is 2. The SMILES string of the molecule is CC(C)(C)OC(=O)NOCC(=O)C(SCCN)C(O)C(N)=O. The molecule has 0 aromatic carbocycles. The molecule has 0 saturated carbocycles. The van der Waals surface area contributed by atoms with Crippen molar-refractivity contribution in [2.75, 3.05) is 18.9 Å². The third kappa shape index (κ3) is 8.82. The number of aliphatic hydroxyl groups excluding tert-OH is 1. The van der Waals surface area contributed by atoms with Gasteiger partial charge >= 0.3 is 6.09 Å². The number of carbonyl (C=O) groups excluding carboxylic acids is 3. The third-order valence-electron chi connectivity index (χ3n) is 2.08. The van der Waals surface area contributed by atoms with Gasteiger partial charge in [-0.05, 0) is 20.8 Å².